The van der Waals surface area contributed by atoms with Gasteiger partial charge in [-0.05, 0) is 18.2 Å². The fourth-order valence-corrected chi connectivity index (χ4v) is 3.27. The molecule has 0 saturated heterocycles. The summed E-state index contributed by atoms with van der Waals surface area (Å²) in [7, 11) is 0. The molecule has 6 N–H and O–H groups in total. The first-order chi connectivity index (χ1) is 12.6. The molecule has 1 aliphatic carbocycles. The van der Waals surface area contributed by atoms with E-state index in [1.54, 1.807) is 0 Å². The lowest BCUT2D eigenvalue weighted by atomic mass is 9.91. The summed E-state index contributed by atoms with van der Waals surface area (Å²) in [6, 6.07) is 16.0. The third kappa shape index (κ3) is 2.11. The van der Waals surface area contributed by atoms with Gasteiger partial charge in [0.05, 0.1) is 11.4 Å². The average molecular weight is 343 g/mol. The van der Waals surface area contributed by atoms with Gasteiger partial charge in [-0.25, -0.2) is 9.50 Å². The van der Waals surface area contributed by atoms with Crippen LogP contribution in [-0.4, -0.2) is 14.6 Å². The molecule has 2 aliphatic rings. The van der Waals surface area contributed by atoms with Gasteiger partial charge in [0.1, 0.15) is 11.4 Å². The van der Waals surface area contributed by atoms with E-state index < -0.39 is 5.54 Å². The smallest absolute Gasteiger partial charge is 0.179 e. The molecule has 7 heteroatoms. The molecule has 128 valence electrons. The van der Waals surface area contributed by atoms with Crippen LogP contribution in [0.2, 0.25) is 0 Å². The van der Waals surface area contributed by atoms with Gasteiger partial charge in [-0.15, -0.1) is 5.10 Å². The monoisotopic (exact) mass is 343 g/mol. The molecule has 7 nitrogen and oxygen atoms in total. The minimum Gasteiger partial charge on any atom is -0.384 e. The van der Waals surface area contributed by atoms with Gasteiger partial charge >= 0.3 is 0 Å². The Hall–Kier alpha value is -3.58. The van der Waals surface area contributed by atoms with Crippen molar-refractivity contribution < 1.29 is 0 Å². The minimum absolute atomic E-state index is 0.524. The maximum atomic E-state index is 6.60. The fraction of sp³-hybridized carbons (Fsp3) is 0.0526. The minimum atomic E-state index is -0.919. The van der Waals surface area contributed by atoms with Crippen LogP contribution in [0.25, 0.3) is 16.9 Å². The average Bonchev–Trinajstić information content (AvgIpc) is 3.26. The van der Waals surface area contributed by atoms with Gasteiger partial charge in [0.25, 0.3) is 0 Å². The van der Waals surface area contributed by atoms with E-state index in [0.717, 1.165) is 28.2 Å². The van der Waals surface area contributed by atoms with Crippen molar-refractivity contribution in [2.24, 2.45) is 11.5 Å². The Bertz CT molecular complexity index is 1110. The Morgan fingerprint density at radius 1 is 1.00 bits per heavy atom. The standard InChI is InChI=1S/C19H17N7/c20-17-13-9-10-19(21,11-14(13)23-24-17)18-22-16-8-4-7-15(26(16)25-18)12-5-2-1-3-6-12/h1-11,23-24H,20-21H2. The Labute approximate surface area is 149 Å². The summed E-state index contributed by atoms with van der Waals surface area (Å²) in [5.41, 5.74) is 22.0. The Balaban J connectivity index is 1.65. The van der Waals surface area contributed by atoms with Crippen molar-refractivity contribution in [3.8, 4) is 11.3 Å². The number of pyridine rings is 1. The fourth-order valence-electron chi connectivity index (χ4n) is 3.27. The summed E-state index contributed by atoms with van der Waals surface area (Å²) in [5.74, 6) is 1.10. The zero-order chi connectivity index (χ0) is 17.7. The van der Waals surface area contributed by atoms with Crippen molar-refractivity contribution in [1.29, 1.82) is 0 Å². The van der Waals surface area contributed by atoms with Crippen LogP contribution in [0.3, 0.4) is 0 Å². The van der Waals surface area contributed by atoms with E-state index in [4.69, 9.17) is 16.6 Å². The molecule has 0 bridgehead atoms. The van der Waals surface area contributed by atoms with E-state index in [1.165, 1.54) is 0 Å². The lowest BCUT2D eigenvalue weighted by Gasteiger charge is -2.22. The number of hydrogen-bond acceptors (Lipinski definition) is 6. The Kier molecular flexibility index (Phi) is 2.95. The van der Waals surface area contributed by atoms with Crippen molar-refractivity contribution in [2.45, 2.75) is 5.54 Å². The number of hydrazine groups is 1. The van der Waals surface area contributed by atoms with Crippen molar-refractivity contribution >= 4 is 5.65 Å². The van der Waals surface area contributed by atoms with Gasteiger partial charge in [-0.2, -0.15) is 0 Å². The molecular formula is C19H17N7. The van der Waals surface area contributed by atoms with Gasteiger partial charge < -0.3 is 11.5 Å². The zero-order valence-electron chi connectivity index (χ0n) is 13.8. The molecule has 0 spiro atoms. The summed E-state index contributed by atoms with van der Waals surface area (Å²) in [5, 5.41) is 4.71. The van der Waals surface area contributed by atoms with Crippen molar-refractivity contribution in [3.63, 3.8) is 0 Å². The normalized spacial score (nSPS) is 21.3. The predicted octanol–water partition coefficient (Wildman–Crippen LogP) is 1.28. The maximum Gasteiger partial charge on any atom is 0.179 e. The molecule has 2 aromatic heterocycles. The Morgan fingerprint density at radius 2 is 1.85 bits per heavy atom. The summed E-state index contributed by atoms with van der Waals surface area (Å²) in [6.45, 7) is 0. The highest BCUT2D eigenvalue weighted by molar-refractivity contribution is 5.63. The molecule has 1 aliphatic heterocycles. The van der Waals surface area contributed by atoms with Crippen molar-refractivity contribution in [3.05, 3.63) is 89.7 Å². The molecule has 26 heavy (non-hydrogen) atoms. The highest BCUT2D eigenvalue weighted by Gasteiger charge is 2.33. The Morgan fingerprint density at radius 3 is 2.69 bits per heavy atom. The second kappa shape index (κ2) is 5.21. The van der Waals surface area contributed by atoms with E-state index in [-0.39, 0.29) is 0 Å². The molecule has 3 aromatic rings. The van der Waals surface area contributed by atoms with Gasteiger partial charge in [0.2, 0.25) is 0 Å². The number of hydrogen-bond donors (Lipinski definition) is 4. The summed E-state index contributed by atoms with van der Waals surface area (Å²) in [4.78, 5) is 4.66. The number of allylic oxidation sites excluding steroid dienone is 1. The van der Waals surface area contributed by atoms with E-state index in [1.807, 2.05) is 71.3 Å². The van der Waals surface area contributed by atoms with Crippen LogP contribution in [0.5, 0.6) is 0 Å². The molecule has 0 amide bonds. The SMILES string of the molecule is NC1=C2C=CC(N)(c3nc4cccc(-c5ccccc5)n4n3)C=C2NN1. The largest absolute Gasteiger partial charge is 0.384 e. The molecule has 0 saturated carbocycles. The van der Waals surface area contributed by atoms with Crippen LogP contribution < -0.4 is 22.3 Å². The van der Waals surface area contributed by atoms with E-state index in [9.17, 15) is 0 Å². The number of fused-ring (bicyclic) bond motifs is 2. The zero-order valence-corrected chi connectivity index (χ0v) is 13.8. The second-order valence-electron chi connectivity index (χ2n) is 6.38. The third-order valence-electron chi connectivity index (χ3n) is 4.64. The molecule has 1 atom stereocenters. The lowest BCUT2D eigenvalue weighted by molar-refractivity contribution is 0.629. The van der Waals surface area contributed by atoms with E-state index in [0.29, 0.717) is 11.6 Å². The van der Waals surface area contributed by atoms with Crippen LogP contribution in [0, 0.1) is 0 Å². The number of nitrogens with zero attached hydrogens (tertiary/aromatic N) is 3. The summed E-state index contributed by atoms with van der Waals surface area (Å²) < 4.78 is 1.83. The predicted molar refractivity (Wildman–Crippen MR) is 99.0 cm³/mol. The summed E-state index contributed by atoms with van der Waals surface area (Å²) >= 11 is 0. The van der Waals surface area contributed by atoms with Crippen molar-refractivity contribution in [1.82, 2.24) is 25.4 Å². The van der Waals surface area contributed by atoms with Gasteiger partial charge in [0.15, 0.2) is 11.5 Å². The van der Waals surface area contributed by atoms with Crippen LogP contribution in [-0.2, 0) is 5.54 Å². The molecule has 3 heterocycles. The van der Waals surface area contributed by atoms with Gasteiger partial charge in [-0.3, -0.25) is 10.9 Å². The molecular weight excluding hydrogens is 326 g/mol. The van der Waals surface area contributed by atoms with E-state index in [2.05, 4.69) is 15.8 Å². The number of nitrogens with two attached hydrogens (primary N) is 2. The lowest BCUT2D eigenvalue weighted by Crippen LogP contribution is -2.37. The highest BCUT2D eigenvalue weighted by Crippen LogP contribution is 2.31. The van der Waals surface area contributed by atoms with Crippen LogP contribution >= 0.6 is 0 Å². The van der Waals surface area contributed by atoms with Crippen LogP contribution in [0.1, 0.15) is 5.82 Å². The van der Waals surface area contributed by atoms with Crippen molar-refractivity contribution in [2.75, 3.05) is 0 Å². The third-order valence-corrected chi connectivity index (χ3v) is 4.64. The molecule has 1 unspecified atom stereocenters. The second-order valence-corrected chi connectivity index (χ2v) is 6.38. The molecule has 1 aromatic carbocycles. The summed E-state index contributed by atoms with van der Waals surface area (Å²) in [6.07, 6.45) is 5.64. The number of nitrogens with one attached hydrogen (secondary N) is 2. The first-order valence-corrected chi connectivity index (χ1v) is 8.29. The van der Waals surface area contributed by atoms with Crippen LogP contribution in [0.15, 0.2) is 83.9 Å². The van der Waals surface area contributed by atoms with E-state index >= 15 is 0 Å². The first kappa shape index (κ1) is 14.7. The topological polar surface area (TPSA) is 106 Å². The number of rotatable bonds is 2. The number of aromatic nitrogens is 3. The molecule has 0 fully saturated rings. The van der Waals surface area contributed by atoms with Crippen LogP contribution in [0.4, 0.5) is 0 Å². The highest BCUT2D eigenvalue weighted by atomic mass is 15.4. The number of benzene rings is 1. The first-order valence-electron chi connectivity index (χ1n) is 8.29. The van der Waals surface area contributed by atoms with Gasteiger partial charge in [-0.1, -0.05) is 48.6 Å². The maximum absolute atomic E-state index is 6.60. The van der Waals surface area contributed by atoms with Gasteiger partial charge in [0, 0.05) is 11.1 Å². The quantitative estimate of drug-likeness (QED) is 0.559. The molecule has 0 radical (unpaired) electrons. The molecule has 5 rings (SSSR count).